The first-order chi connectivity index (χ1) is 11.7. The Morgan fingerprint density at radius 1 is 1.12 bits per heavy atom. The highest BCUT2D eigenvalue weighted by atomic mass is 35.5. The average Bonchev–Trinajstić information content (AvgIpc) is 2.53. The Kier molecular flexibility index (Phi) is 6.18. The molecule has 25 heavy (non-hydrogen) atoms. The molecule has 2 aromatic rings. The van der Waals surface area contributed by atoms with Crippen molar-refractivity contribution in [2.75, 3.05) is 16.2 Å². The van der Waals surface area contributed by atoms with Crippen LogP contribution < -0.4 is 16.2 Å². The molecule has 2 rings (SSSR count). The number of rotatable bonds is 6. The third-order valence-electron chi connectivity index (χ3n) is 3.26. The van der Waals surface area contributed by atoms with Crippen LogP contribution in [0, 0.1) is 0 Å². The van der Waals surface area contributed by atoms with E-state index in [0.717, 1.165) is 6.07 Å². The Bertz CT molecular complexity index is 740. The summed E-state index contributed by atoms with van der Waals surface area (Å²) in [7, 11) is 0. The van der Waals surface area contributed by atoms with Crippen LogP contribution in [0.25, 0.3) is 0 Å². The largest absolute Gasteiger partial charge is 0.433 e. The van der Waals surface area contributed by atoms with E-state index in [-0.39, 0.29) is 17.8 Å². The van der Waals surface area contributed by atoms with Crippen LogP contribution in [0.2, 0.25) is 10.0 Å². The van der Waals surface area contributed by atoms with E-state index in [1.807, 2.05) is 13.8 Å². The molecule has 1 atom stereocenters. The molecule has 0 aliphatic carbocycles. The summed E-state index contributed by atoms with van der Waals surface area (Å²) in [5, 5.41) is 3.58. The number of halogens is 5. The number of hydrazine groups is 1. The monoisotopic (exact) mass is 393 g/mol. The van der Waals surface area contributed by atoms with E-state index in [1.54, 1.807) is 12.1 Å². The highest BCUT2D eigenvalue weighted by molar-refractivity contribution is 6.36. The summed E-state index contributed by atoms with van der Waals surface area (Å²) >= 11 is 11.8. The van der Waals surface area contributed by atoms with Crippen LogP contribution in [0.4, 0.5) is 30.6 Å². The second-order valence-electron chi connectivity index (χ2n) is 5.29. The number of anilines is 3. The molecule has 5 nitrogen and oxygen atoms in total. The van der Waals surface area contributed by atoms with E-state index in [4.69, 9.17) is 23.2 Å². The third kappa shape index (κ3) is 5.54. The summed E-state index contributed by atoms with van der Waals surface area (Å²) in [5.41, 5.74) is 4.68. The lowest BCUT2D eigenvalue weighted by Gasteiger charge is -2.16. The quantitative estimate of drug-likeness (QED) is 0.569. The van der Waals surface area contributed by atoms with Gasteiger partial charge in [-0.05, 0) is 31.5 Å². The van der Waals surface area contributed by atoms with Gasteiger partial charge in [0.25, 0.3) is 0 Å². The summed E-state index contributed by atoms with van der Waals surface area (Å²) in [6, 6.07) is 5.41. The van der Waals surface area contributed by atoms with Gasteiger partial charge in [-0.3, -0.25) is 10.9 Å². The Labute approximate surface area is 152 Å². The Balaban J connectivity index is 2.24. The van der Waals surface area contributed by atoms with E-state index in [9.17, 15) is 13.2 Å². The van der Waals surface area contributed by atoms with Crippen LogP contribution >= 0.6 is 23.2 Å². The predicted octanol–water partition coefficient (Wildman–Crippen LogP) is 5.45. The standard InChI is InChI=1S/C15H16Cl2F3N5/c1-3-8(2)21-14-22-12(15(18,19)20)7-13(23-14)25-24-11-5-4-9(16)6-10(11)17/h4-8,24H,3H2,1-2H3,(H2,21,22,23,25)/t8-/m1/s1. The highest BCUT2D eigenvalue weighted by Crippen LogP contribution is 2.30. The van der Waals surface area contributed by atoms with Crippen molar-refractivity contribution >= 4 is 40.7 Å². The van der Waals surface area contributed by atoms with Gasteiger partial charge >= 0.3 is 6.18 Å². The first kappa shape index (κ1) is 19.4. The fourth-order valence-electron chi connectivity index (χ4n) is 1.77. The number of hydrogen-bond donors (Lipinski definition) is 3. The van der Waals surface area contributed by atoms with E-state index in [0.29, 0.717) is 22.2 Å². The van der Waals surface area contributed by atoms with Crippen LogP contribution in [0.5, 0.6) is 0 Å². The first-order valence-electron chi connectivity index (χ1n) is 7.39. The highest BCUT2D eigenvalue weighted by Gasteiger charge is 2.33. The summed E-state index contributed by atoms with van der Waals surface area (Å²) in [6.45, 7) is 3.72. The Morgan fingerprint density at radius 2 is 1.84 bits per heavy atom. The minimum Gasteiger partial charge on any atom is -0.352 e. The normalized spacial score (nSPS) is 12.6. The zero-order chi connectivity index (χ0) is 18.6. The van der Waals surface area contributed by atoms with Crippen LogP contribution in [0.1, 0.15) is 26.0 Å². The minimum absolute atomic E-state index is 0.0563. The molecule has 0 saturated carbocycles. The molecule has 0 bridgehead atoms. The van der Waals surface area contributed by atoms with Gasteiger partial charge in [-0.2, -0.15) is 18.2 Å². The van der Waals surface area contributed by atoms with Crippen molar-refractivity contribution in [3.05, 3.63) is 40.0 Å². The van der Waals surface area contributed by atoms with Gasteiger partial charge in [-0.1, -0.05) is 30.1 Å². The first-order valence-corrected chi connectivity index (χ1v) is 8.14. The second kappa shape index (κ2) is 7.97. The number of benzene rings is 1. The van der Waals surface area contributed by atoms with Crippen molar-refractivity contribution in [2.24, 2.45) is 0 Å². The van der Waals surface area contributed by atoms with Crippen molar-refractivity contribution in [1.29, 1.82) is 0 Å². The fraction of sp³-hybridized carbons (Fsp3) is 0.333. The third-order valence-corrected chi connectivity index (χ3v) is 3.81. The molecule has 0 aliphatic heterocycles. The predicted molar refractivity (Wildman–Crippen MR) is 94.1 cm³/mol. The van der Waals surface area contributed by atoms with Gasteiger partial charge in [-0.25, -0.2) is 4.98 Å². The maximum absolute atomic E-state index is 13.0. The molecule has 0 aliphatic rings. The molecule has 0 spiro atoms. The molecule has 0 fully saturated rings. The smallest absolute Gasteiger partial charge is 0.352 e. The number of alkyl halides is 3. The van der Waals surface area contributed by atoms with Gasteiger partial charge in [0.15, 0.2) is 11.5 Å². The molecule has 1 aromatic heterocycles. The number of aromatic nitrogens is 2. The van der Waals surface area contributed by atoms with Gasteiger partial charge in [-0.15, -0.1) is 0 Å². The minimum atomic E-state index is -4.59. The maximum Gasteiger partial charge on any atom is 0.433 e. The van der Waals surface area contributed by atoms with Crippen LogP contribution in [0.3, 0.4) is 0 Å². The molecule has 3 N–H and O–H groups in total. The Morgan fingerprint density at radius 3 is 2.44 bits per heavy atom. The zero-order valence-electron chi connectivity index (χ0n) is 13.4. The van der Waals surface area contributed by atoms with Gasteiger partial charge in [0, 0.05) is 17.1 Å². The zero-order valence-corrected chi connectivity index (χ0v) is 14.9. The second-order valence-corrected chi connectivity index (χ2v) is 6.13. The van der Waals surface area contributed by atoms with Crippen LogP contribution in [-0.2, 0) is 6.18 Å². The van der Waals surface area contributed by atoms with E-state index in [1.165, 1.54) is 6.07 Å². The number of nitrogens with zero attached hydrogens (tertiary/aromatic N) is 2. The number of nitrogens with one attached hydrogen (secondary N) is 3. The van der Waals surface area contributed by atoms with Crippen molar-refractivity contribution < 1.29 is 13.2 Å². The van der Waals surface area contributed by atoms with Crippen molar-refractivity contribution in [3.8, 4) is 0 Å². The van der Waals surface area contributed by atoms with Gasteiger partial charge < -0.3 is 5.32 Å². The van der Waals surface area contributed by atoms with Gasteiger partial charge in [0.1, 0.15) is 0 Å². The molecular weight excluding hydrogens is 378 g/mol. The van der Waals surface area contributed by atoms with E-state index >= 15 is 0 Å². The molecule has 0 radical (unpaired) electrons. The molecule has 136 valence electrons. The molecule has 0 saturated heterocycles. The summed E-state index contributed by atoms with van der Waals surface area (Å²) in [4.78, 5) is 7.55. The van der Waals surface area contributed by atoms with E-state index < -0.39 is 11.9 Å². The maximum atomic E-state index is 13.0. The molecule has 0 unspecified atom stereocenters. The Hall–Kier alpha value is -1.93. The van der Waals surface area contributed by atoms with E-state index in [2.05, 4.69) is 26.1 Å². The molecule has 10 heteroatoms. The summed E-state index contributed by atoms with van der Waals surface area (Å²) in [6.07, 6.45) is -3.88. The molecular formula is C15H16Cl2F3N5. The SMILES string of the molecule is CC[C@@H](C)Nc1nc(NNc2ccc(Cl)cc2Cl)cc(C(F)(F)F)n1. The average molecular weight is 394 g/mol. The lowest BCUT2D eigenvalue weighted by Crippen LogP contribution is -2.20. The molecule has 1 aromatic carbocycles. The van der Waals surface area contributed by atoms with Crippen LogP contribution in [0.15, 0.2) is 24.3 Å². The summed E-state index contributed by atoms with van der Waals surface area (Å²) in [5.74, 6) is -0.171. The van der Waals surface area contributed by atoms with Crippen LogP contribution in [-0.4, -0.2) is 16.0 Å². The van der Waals surface area contributed by atoms with Gasteiger partial charge in [0.05, 0.1) is 10.7 Å². The number of hydrogen-bond acceptors (Lipinski definition) is 5. The lowest BCUT2D eigenvalue weighted by molar-refractivity contribution is -0.141. The lowest BCUT2D eigenvalue weighted by atomic mass is 10.3. The van der Waals surface area contributed by atoms with Crippen molar-refractivity contribution in [3.63, 3.8) is 0 Å². The topological polar surface area (TPSA) is 61.9 Å². The molecule has 0 amide bonds. The fourth-order valence-corrected chi connectivity index (χ4v) is 2.22. The van der Waals surface area contributed by atoms with Crippen molar-refractivity contribution in [1.82, 2.24) is 9.97 Å². The molecule has 1 heterocycles. The van der Waals surface area contributed by atoms with Crippen molar-refractivity contribution in [2.45, 2.75) is 32.5 Å². The van der Waals surface area contributed by atoms with Gasteiger partial charge in [0.2, 0.25) is 5.95 Å². The summed E-state index contributed by atoms with van der Waals surface area (Å²) < 4.78 is 39.1.